The van der Waals surface area contributed by atoms with Crippen LogP contribution < -0.4 is 0 Å². The summed E-state index contributed by atoms with van der Waals surface area (Å²) in [4.78, 5) is 0. The molecule has 11 heavy (non-hydrogen) atoms. The van der Waals surface area contributed by atoms with Crippen molar-refractivity contribution in [3.8, 4) is 0 Å². The van der Waals surface area contributed by atoms with E-state index in [9.17, 15) is 0 Å². The predicted octanol–water partition coefficient (Wildman–Crippen LogP) is 2.17. The van der Waals surface area contributed by atoms with Crippen LogP contribution in [0.25, 0.3) is 0 Å². The maximum absolute atomic E-state index is 5.52. The van der Waals surface area contributed by atoms with E-state index < -0.39 is 0 Å². The summed E-state index contributed by atoms with van der Waals surface area (Å²) < 4.78 is 11.0. The molecular formula is C8H15BrO2. The summed E-state index contributed by atoms with van der Waals surface area (Å²) in [6.45, 7) is 7.58. The molecule has 0 amide bonds. The lowest BCUT2D eigenvalue weighted by Gasteiger charge is -2.40. The largest absolute Gasteiger partial charge is 0.350 e. The topological polar surface area (TPSA) is 18.5 Å². The van der Waals surface area contributed by atoms with Gasteiger partial charge in [-0.3, -0.25) is 0 Å². The molecule has 0 N–H and O–H groups in total. The first kappa shape index (κ1) is 9.49. The minimum absolute atomic E-state index is 0.148. The number of alkyl halides is 1. The molecule has 66 valence electrons. The monoisotopic (exact) mass is 222 g/mol. The lowest BCUT2D eigenvalue weighted by Crippen LogP contribution is -2.45. The second kappa shape index (κ2) is 3.04. The van der Waals surface area contributed by atoms with Crippen LogP contribution in [0.1, 0.15) is 20.8 Å². The highest BCUT2D eigenvalue weighted by molar-refractivity contribution is 9.09. The first-order valence-electron chi connectivity index (χ1n) is 3.81. The van der Waals surface area contributed by atoms with E-state index in [4.69, 9.17) is 9.47 Å². The fourth-order valence-corrected chi connectivity index (χ4v) is 1.18. The molecule has 0 spiro atoms. The summed E-state index contributed by atoms with van der Waals surface area (Å²) >= 11 is 3.44. The van der Waals surface area contributed by atoms with E-state index in [-0.39, 0.29) is 11.2 Å². The van der Waals surface area contributed by atoms with Crippen molar-refractivity contribution in [1.82, 2.24) is 0 Å². The van der Waals surface area contributed by atoms with Crippen LogP contribution in [-0.2, 0) is 9.47 Å². The van der Waals surface area contributed by atoms with Crippen LogP contribution in [0.5, 0.6) is 0 Å². The van der Waals surface area contributed by atoms with Crippen molar-refractivity contribution in [2.75, 3.05) is 18.5 Å². The van der Waals surface area contributed by atoms with Crippen molar-refractivity contribution in [2.24, 2.45) is 5.41 Å². The van der Waals surface area contributed by atoms with Crippen molar-refractivity contribution in [3.63, 3.8) is 0 Å². The third-order valence-corrected chi connectivity index (χ3v) is 3.21. The average molecular weight is 223 g/mol. The normalized spacial score (nSPS) is 28.4. The zero-order valence-corrected chi connectivity index (χ0v) is 8.90. The standard InChI is InChI=1S/C8H15BrO2/c1-7(2)10-5-8(3,4-9)6-11-7/h4-6H2,1-3H3. The molecule has 1 heterocycles. The van der Waals surface area contributed by atoms with Crippen molar-refractivity contribution >= 4 is 15.9 Å². The fraction of sp³-hybridized carbons (Fsp3) is 1.00. The van der Waals surface area contributed by atoms with Gasteiger partial charge < -0.3 is 9.47 Å². The second-order valence-electron chi connectivity index (χ2n) is 3.92. The van der Waals surface area contributed by atoms with Gasteiger partial charge in [0.25, 0.3) is 0 Å². The Labute approximate surface area is 76.4 Å². The molecule has 0 aromatic carbocycles. The molecule has 3 heteroatoms. The molecule has 0 aromatic heterocycles. The van der Waals surface area contributed by atoms with E-state index in [0.29, 0.717) is 0 Å². The second-order valence-corrected chi connectivity index (χ2v) is 4.48. The van der Waals surface area contributed by atoms with Gasteiger partial charge in [0.2, 0.25) is 0 Å². The first-order chi connectivity index (χ1) is 4.97. The molecule has 0 saturated carbocycles. The van der Waals surface area contributed by atoms with Crippen LogP contribution in [0.4, 0.5) is 0 Å². The third kappa shape index (κ3) is 2.42. The van der Waals surface area contributed by atoms with Crippen molar-refractivity contribution in [1.29, 1.82) is 0 Å². The molecule has 0 radical (unpaired) electrons. The summed E-state index contributed by atoms with van der Waals surface area (Å²) in [6, 6.07) is 0. The number of ether oxygens (including phenoxy) is 2. The molecule has 0 unspecified atom stereocenters. The van der Waals surface area contributed by atoms with Crippen LogP contribution in [0.2, 0.25) is 0 Å². The highest BCUT2D eigenvalue weighted by Crippen LogP contribution is 2.30. The average Bonchev–Trinajstić information content (AvgIpc) is 1.97. The van der Waals surface area contributed by atoms with E-state index >= 15 is 0 Å². The van der Waals surface area contributed by atoms with E-state index in [1.165, 1.54) is 0 Å². The molecule has 1 aliphatic rings. The summed E-state index contributed by atoms with van der Waals surface area (Å²) in [5.41, 5.74) is 0.148. The highest BCUT2D eigenvalue weighted by Gasteiger charge is 2.35. The van der Waals surface area contributed by atoms with Crippen LogP contribution in [0.3, 0.4) is 0 Å². The molecule has 0 atom stereocenters. The Morgan fingerprint density at radius 3 is 2.00 bits per heavy atom. The summed E-state index contributed by atoms with van der Waals surface area (Å²) in [7, 11) is 0. The SMILES string of the molecule is CC1(CBr)COC(C)(C)OC1. The fourth-order valence-electron chi connectivity index (χ4n) is 0.857. The maximum atomic E-state index is 5.52. The Balaban J connectivity index is 2.48. The lowest BCUT2D eigenvalue weighted by molar-refractivity contribution is -0.278. The van der Waals surface area contributed by atoms with E-state index in [1.807, 2.05) is 13.8 Å². The quantitative estimate of drug-likeness (QED) is 0.634. The highest BCUT2D eigenvalue weighted by atomic mass is 79.9. The summed E-state index contributed by atoms with van der Waals surface area (Å²) in [5, 5.41) is 0.927. The Morgan fingerprint density at radius 2 is 1.64 bits per heavy atom. The Bertz CT molecular complexity index is 135. The Kier molecular flexibility index (Phi) is 2.62. The van der Waals surface area contributed by atoms with Gasteiger partial charge in [0.1, 0.15) is 0 Å². The van der Waals surface area contributed by atoms with Gasteiger partial charge in [-0.1, -0.05) is 22.9 Å². The van der Waals surface area contributed by atoms with Gasteiger partial charge in [0.15, 0.2) is 5.79 Å². The molecule has 1 aliphatic heterocycles. The maximum Gasteiger partial charge on any atom is 0.162 e. The summed E-state index contributed by atoms with van der Waals surface area (Å²) in [5.74, 6) is -0.387. The van der Waals surface area contributed by atoms with Crippen molar-refractivity contribution in [2.45, 2.75) is 26.6 Å². The van der Waals surface area contributed by atoms with Crippen LogP contribution >= 0.6 is 15.9 Å². The molecule has 1 rings (SSSR count). The zero-order chi connectivity index (χ0) is 8.54. The Morgan fingerprint density at radius 1 is 1.18 bits per heavy atom. The molecule has 0 aliphatic carbocycles. The number of rotatable bonds is 1. The van der Waals surface area contributed by atoms with Crippen LogP contribution in [-0.4, -0.2) is 24.3 Å². The Hall–Kier alpha value is 0.400. The lowest BCUT2D eigenvalue weighted by atomic mass is 9.95. The molecule has 0 bridgehead atoms. The number of halogens is 1. The molecule has 1 saturated heterocycles. The van der Waals surface area contributed by atoms with Gasteiger partial charge in [0, 0.05) is 10.7 Å². The van der Waals surface area contributed by atoms with E-state index in [1.54, 1.807) is 0 Å². The smallest absolute Gasteiger partial charge is 0.162 e. The van der Waals surface area contributed by atoms with Gasteiger partial charge in [-0.2, -0.15) is 0 Å². The van der Waals surface area contributed by atoms with Crippen LogP contribution in [0, 0.1) is 5.41 Å². The van der Waals surface area contributed by atoms with Gasteiger partial charge in [-0.15, -0.1) is 0 Å². The van der Waals surface area contributed by atoms with Crippen molar-refractivity contribution in [3.05, 3.63) is 0 Å². The molecule has 0 aromatic rings. The summed E-state index contributed by atoms with van der Waals surface area (Å²) in [6.07, 6.45) is 0. The first-order valence-corrected chi connectivity index (χ1v) is 4.93. The minimum atomic E-state index is -0.387. The predicted molar refractivity (Wildman–Crippen MR) is 47.9 cm³/mol. The van der Waals surface area contributed by atoms with Gasteiger partial charge in [0.05, 0.1) is 13.2 Å². The molecular weight excluding hydrogens is 208 g/mol. The van der Waals surface area contributed by atoms with Crippen LogP contribution in [0.15, 0.2) is 0 Å². The third-order valence-electron chi connectivity index (χ3n) is 1.86. The van der Waals surface area contributed by atoms with Crippen molar-refractivity contribution < 1.29 is 9.47 Å². The van der Waals surface area contributed by atoms with Gasteiger partial charge in [-0.25, -0.2) is 0 Å². The number of hydrogen-bond donors (Lipinski definition) is 0. The number of hydrogen-bond acceptors (Lipinski definition) is 2. The van der Waals surface area contributed by atoms with E-state index in [2.05, 4.69) is 22.9 Å². The minimum Gasteiger partial charge on any atom is -0.350 e. The van der Waals surface area contributed by atoms with Gasteiger partial charge >= 0.3 is 0 Å². The molecule has 1 fully saturated rings. The zero-order valence-electron chi connectivity index (χ0n) is 7.32. The molecule has 2 nitrogen and oxygen atoms in total. The van der Waals surface area contributed by atoms with E-state index in [0.717, 1.165) is 18.5 Å². The van der Waals surface area contributed by atoms with Gasteiger partial charge in [-0.05, 0) is 13.8 Å².